The summed E-state index contributed by atoms with van der Waals surface area (Å²) in [5.41, 5.74) is 1.75. The molecule has 1 heterocycles. The van der Waals surface area contributed by atoms with Gasteiger partial charge in [-0.25, -0.2) is 4.99 Å². The number of nitrogens with zero attached hydrogens (tertiary/aromatic N) is 1. The normalized spacial score (nSPS) is 21.7. The number of aliphatic imine (C=N–C) groups is 1. The minimum absolute atomic E-state index is 0.00258. The second-order valence-corrected chi connectivity index (χ2v) is 11.0. The molecule has 0 saturated carbocycles. The van der Waals surface area contributed by atoms with Crippen LogP contribution in [-0.4, -0.2) is 24.7 Å². The van der Waals surface area contributed by atoms with Gasteiger partial charge in [0.1, 0.15) is 5.75 Å². The number of hydrogen-bond acceptors (Lipinski definition) is 3. The first kappa shape index (κ1) is 15.5. The summed E-state index contributed by atoms with van der Waals surface area (Å²) in [6.07, 6.45) is 5.11. The fourth-order valence-electron chi connectivity index (χ4n) is 3.47. The molecule has 1 aliphatic carbocycles. The van der Waals surface area contributed by atoms with Crippen LogP contribution in [0.15, 0.2) is 70.9 Å². The van der Waals surface area contributed by atoms with E-state index in [-0.39, 0.29) is 11.5 Å². The number of carbonyl (C=O) groups is 1. The zero-order valence-electron chi connectivity index (χ0n) is 13.0. The summed E-state index contributed by atoms with van der Waals surface area (Å²) in [5.74, 6) is 0.262. The highest BCUT2D eigenvalue weighted by Crippen LogP contribution is 2.35. The van der Waals surface area contributed by atoms with Crippen LogP contribution >= 0.6 is 22.6 Å². The Labute approximate surface area is 154 Å². The van der Waals surface area contributed by atoms with Crippen molar-refractivity contribution in [3.05, 3.63) is 69.5 Å². The van der Waals surface area contributed by atoms with Gasteiger partial charge in [-0.3, -0.25) is 4.79 Å². The Morgan fingerprint density at radius 1 is 1.08 bits per heavy atom. The van der Waals surface area contributed by atoms with Crippen molar-refractivity contribution in [2.45, 2.75) is 6.55 Å². The van der Waals surface area contributed by atoms with E-state index < -0.39 is 8.07 Å². The number of rotatable bonds is 1. The third-order valence-electron chi connectivity index (χ3n) is 4.70. The van der Waals surface area contributed by atoms with E-state index in [1.54, 1.807) is 18.2 Å². The first-order valence-electron chi connectivity index (χ1n) is 7.62. The van der Waals surface area contributed by atoms with Crippen LogP contribution in [0, 0.1) is 3.57 Å². The summed E-state index contributed by atoms with van der Waals surface area (Å²) in [6, 6.07) is 13.8. The van der Waals surface area contributed by atoms with Gasteiger partial charge in [0, 0.05) is 0 Å². The number of ketones is 1. The van der Waals surface area contributed by atoms with Gasteiger partial charge in [0.05, 0.1) is 15.0 Å². The minimum Gasteiger partial charge on any atom is -0.507 e. The number of fused-ring (bicyclic) bond motifs is 2. The second kappa shape index (κ2) is 5.53. The van der Waals surface area contributed by atoms with E-state index in [1.807, 2.05) is 30.3 Å². The molecule has 0 fully saturated rings. The molecule has 0 aromatic heterocycles. The van der Waals surface area contributed by atoms with E-state index in [9.17, 15) is 9.90 Å². The van der Waals surface area contributed by atoms with Gasteiger partial charge in [0.2, 0.25) is 0 Å². The van der Waals surface area contributed by atoms with E-state index in [0.717, 1.165) is 25.4 Å². The summed E-state index contributed by atoms with van der Waals surface area (Å²) in [4.78, 5) is 16.8. The Morgan fingerprint density at radius 2 is 1.83 bits per heavy atom. The first-order chi connectivity index (χ1) is 11.5. The fourth-order valence-corrected chi connectivity index (χ4v) is 9.58. The molecule has 118 valence electrons. The predicted molar refractivity (Wildman–Crippen MR) is 107 cm³/mol. The lowest BCUT2D eigenvalue weighted by Gasteiger charge is -2.37. The molecule has 4 rings (SSSR count). The van der Waals surface area contributed by atoms with Crippen LogP contribution in [0.1, 0.15) is 0 Å². The van der Waals surface area contributed by atoms with Crippen LogP contribution in [0.3, 0.4) is 0 Å². The fraction of sp³-hybridized carbons (Fsp3) is 0.0526. The molecule has 1 unspecified atom stereocenters. The van der Waals surface area contributed by atoms with Crippen LogP contribution < -0.4 is 10.4 Å². The third kappa shape index (κ3) is 2.15. The topological polar surface area (TPSA) is 49.7 Å². The number of carbonyl (C=O) groups excluding carboxylic acids is 1. The Morgan fingerprint density at radius 3 is 2.58 bits per heavy atom. The Balaban J connectivity index is 2.12. The molecule has 2 aromatic carbocycles. The lowest BCUT2D eigenvalue weighted by atomic mass is 10.1. The maximum Gasteiger partial charge on any atom is 0.178 e. The molecule has 3 nitrogen and oxygen atoms in total. The van der Waals surface area contributed by atoms with Crippen molar-refractivity contribution < 1.29 is 9.90 Å². The van der Waals surface area contributed by atoms with Crippen LogP contribution in [0.5, 0.6) is 5.75 Å². The largest absolute Gasteiger partial charge is 0.507 e. The van der Waals surface area contributed by atoms with Gasteiger partial charge < -0.3 is 5.11 Å². The van der Waals surface area contributed by atoms with E-state index in [2.05, 4.69) is 41.3 Å². The highest BCUT2D eigenvalue weighted by molar-refractivity contribution is 14.1. The number of benzene rings is 2. The molecule has 24 heavy (non-hydrogen) atoms. The summed E-state index contributed by atoms with van der Waals surface area (Å²) in [7, 11) is -2.42. The van der Waals surface area contributed by atoms with Crippen molar-refractivity contribution in [3.63, 3.8) is 0 Å². The molecule has 2 aromatic rings. The van der Waals surface area contributed by atoms with Gasteiger partial charge in [-0.05, 0) is 68.5 Å². The highest BCUT2D eigenvalue weighted by atomic mass is 127. The molecule has 5 heteroatoms. The zero-order valence-corrected chi connectivity index (χ0v) is 16.1. The van der Waals surface area contributed by atoms with E-state index in [4.69, 9.17) is 4.99 Å². The van der Waals surface area contributed by atoms with Crippen molar-refractivity contribution >= 4 is 58.2 Å². The standard InChI is InChI=1S/C19H14INO2Si/c1-24(13-5-3-2-4-6-13)17-11-12(22)7-8-14(17)21-15-9-10-16(23)18(20)19(15)24/h2-11,23H,1H3. The summed E-state index contributed by atoms with van der Waals surface area (Å²) in [6.45, 7) is 2.23. The molecule has 1 N–H and O–H groups in total. The van der Waals surface area contributed by atoms with Crippen molar-refractivity contribution in [2.24, 2.45) is 4.99 Å². The lowest BCUT2D eigenvalue weighted by Crippen LogP contribution is -2.61. The number of allylic oxidation sites excluding steroid dienone is 4. The van der Waals surface area contributed by atoms with Crippen molar-refractivity contribution in [1.29, 1.82) is 0 Å². The van der Waals surface area contributed by atoms with Crippen molar-refractivity contribution in [3.8, 4) is 5.75 Å². The summed E-state index contributed by atoms with van der Waals surface area (Å²) >= 11 is 2.19. The highest BCUT2D eigenvalue weighted by Gasteiger charge is 2.45. The Hall–Kier alpha value is -1.99. The van der Waals surface area contributed by atoms with Gasteiger partial charge in [-0.2, -0.15) is 0 Å². The van der Waals surface area contributed by atoms with Gasteiger partial charge in [0.25, 0.3) is 0 Å². The lowest BCUT2D eigenvalue weighted by molar-refractivity contribution is -0.110. The van der Waals surface area contributed by atoms with Crippen molar-refractivity contribution in [1.82, 2.24) is 0 Å². The minimum atomic E-state index is -2.42. The first-order valence-corrected chi connectivity index (χ1v) is 11.2. The second-order valence-electron chi connectivity index (χ2n) is 6.07. The summed E-state index contributed by atoms with van der Waals surface area (Å²) in [5, 5.41) is 13.6. The molecular formula is C19H14INO2Si. The van der Waals surface area contributed by atoms with Gasteiger partial charge in [-0.1, -0.05) is 36.9 Å². The number of halogens is 1. The quantitative estimate of drug-likeness (QED) is 0.419. The SMILES string of the molecule is C[Si]1(c2ccccc2)C2=CC(=O)C=CC2=Nc2ccc(O)c(I)c21. The average molecular weight is 443 g/mol. The molecule has 0 amide bonds. The van der Waals surface area contributed by atoms with Crippen LogP contribution in [0.25, 0.3) is 0 Å². The number of phenolic OH excluding ortho intramolecular Hbond substituents is 1. The molecule has 1 aliphatic heterocycles. The van der Waals surface area contributed by atoms with Crippen molar-refractivity contribution in [2.75, 3.05) is 0 Å². The number of phenols is 1. The van der Waals surface area contributed by atoms with Crippen LogP contribution in [-0.2, 0) is 4.79 Å². The van der Waals surface area contributed by atoms with Crippen LogP contribution in [0.2, 0.25) is 6.55 Å². The molecule has 0 radical (unpaired) electrons. The summed E-state index contributed by atoms with van der Waals surface area (Å²) < 4.78 is 0.828. The number of hydrogen-bond donors (Lipinski definition) is 1. The molecular weight excluding hydrogens is 429 g/mol. The molecule has 2 aliphatic rings. The molecule has 1 atom stereocenters. The zero-order chi connectivity index (χ0) is 16.9. The smallest absolute Gasteiger partial charge is 0.178 e. The van der Waals surface area contributed by atoms with Gasteiger partial charge in [-0.15, -0.1) is 0 Å². The molecule has 0 bridgehead atoms. The van der Waals surface area contributed by atoms with E-state index in [0.29, 0.717) is 0 Å². The monoisotopic (exact) mass is 443 g/mol. The molecule has 0 saturated heterocycles. The Kier molecular flexibility index (Phi) is 3.58. The third-order valence-corrected chi connectivity index (χ3v) is 10.8. The van der Waals surface area contributed by atoms with Gasteiger partial charge in [0.15, 0.2) is 13.9 Å². The average Bonchev–Trinajstić information content (AvgIpc) is 2.60. The van der Waals surface area contributed by atoms with Crippen LogP contribution in [0.4, 0.5) is 5.69 Å². The predicted octanol–water partition coefficient (Wildman–Crippen LogP) is 2.88. The number of aromatic hydroxyl groups is 1. The maximum atomic E-state index is 12.1. The van der Waals surface area contributed by atoms with Gasteiger partial charge >= 0.3 is 0 Å². The maximum absolute atomic E-state index is 12.1. The van der Waals surface area contributed by atoms with E-state index >= 15 is 0 Å². The van der Waals surface area contributed by atoms with E-state index in [1.165, 1.54) is 5.19 Å². The molecule has 0 spiro atoms. The Bertz CT molecular complexity index is 963.